The van der Waals surface area contributed by atoms with Gasteiger partial charge in [0.15, 0.2) is 8.07 Å². The van der Waals surface area contributed by atoms with Crippen LogP contribution in [0.15, 0.2) is 237 Å². The summed E-state index contributed by atoms with van der Waals surface area (Å²) in [5, 5.41) is 5.74. The van der Waals surface area contributed by atoms with Crippen LogP contribution in [0.3, 0.4) is 0 Å². The van der Waals surface area contributed by atoms with E-state index < -0.39 is 8.07 Å². The minimum absolute atomic E-state index is 1.11. The molecule has 0 radical (unpaired) electrons. The lowest BCUT2D eigenvalue weighted by Gasteiger charge is -2.33. The molecule has 2 heteroatoms. The van der Waals surface area contributed by atoms with Crippen LogP contribution in [0.2, 0.25) is 0 Å². The number of hydrogen-bond acceptors (Lipinski definition) is 1. The lowest BCUT2D eigenvalue weighted by atomic mass is 9.98. The molecule has 0 saturated carbocycles. The number of benzene rings is 9. The maximum absolute atomic E-state index is 2.67. The summed E-state index contributed by atoms with van der Waals surface area (Å²) in [7, 11) is -2.67. The van der Waals surface area contributed by atoms with Crippen LogP contribution in [-0.4, -0.2) is 8.07 Å². The van der Waals surface area contributed by atoms with E-state index >= 15 is 0 Å². The lowest BCUT2D eigenvalue weighted by molar-refractivity contribution is 1.28. The molecule has 0 amide bonds. The molecule has 10 rings (SSSR count). The van der Waals surface area contributed by atoms with Gasteiger partial charge >= 0.3 is 0 Å². The minimum Gasteiger partial charge on any atom is -0.311 e. The van der Waals surface area contributed by atoms with Gasteiger partial charge < -0.3 is 4.90 Å². The molecule has 0 aliphatic carbocycles. The zero-order valence-corrected chi connectivity index (χ0v) is 32.0. The summed E-state index contributed by atoms with van der Waals surface area (Å²) >= 11 is 0. The first-order chi connectivity index (χ1) is 27.8. The molecule has 264 valence electrons. The van der Waals surface area contributed by atoms with Crippen LogP contribution in [0.25, 0.3) is 44.5 Å². The van der Waals surface area contributed by atoms with E-state index in [1.807, 2.05) is 0 Å². The predicted octanol–water partition coefficient (Wildman–Crippen LogP) is 11.5. The molecule has 56 heavy (non-hydrogen) atoms. The third-order valence-corrected chi connectivity index (χ3v) is 16.3. The van der Waals surface area contributed by atoms with E-state index in [9.17, 15) is 0 Å². The van der Waals surface area contributed by atoms with E-state index in [-0.39, 0.29) is 0 Å². The summed E-state index contributed by atoms with van der Waals surface area (Å²) in [6.07, 6.45) is 0. The first-order valence-corrected chi connectivity index (χ1v) is 21.3. The fourth-order valence-electron chi connectivity index (χ4n) is 8.85. The zero-order chi connectivity index (χ0) is 37.3. The Morgan fingerprint density at radius 3 is 1.09 bits per heavy atom. The topological polar surface area (TPSA) is 3.24 Å². The summed E-state index contributed by atoms with van der Waals surface area (Å²) in [5.74, 6) is 0. The van der Waals surface area contributed by atoms with Crippen molar-refractivity contribution in [2.24, 2.45) is 0 Å². The van der Waals surface area contributed by atoms with Crippen LogP contribution in [0, 0.1) is 0 Å². The molecule has 0 atom stereocenters. The van der Waals surface area contributed by atoms with E-state index in [4.69, 9.17) is 0 Å². The van der Waals surface area contributed by atoms with Crippen LogP contribution >= 0.6 is 0 Å². The maximum Gasteiger partial charge on any atom is 0.181 e. The van der Waals surface area contributed by atoms with Crippen LogP contribution in [-0.2, 0) is 0 Å². The molecule has 9 aromatic carbocycles. The summed E-state index contributed by atoms with van der Waals surface area (Å²) in [4.78, 5) is 2.37. The van der Waals surface area contributed by atoms with E-state index in [2.05, 4.69) is 241 Å². The number of rotatable bonds is 8. The molecule has 1 aliphatic heterocycles. The number of fused-ring (bicyclic) bond motifs is 3. The van der Waals surface area contributed by atoms with Crippen molar-refractivity contribution in [2.75, 3.05) is 4.90 Å². The van der Waals surface area contributed by atoms with Crippen molar-refractivity contribution >= 4 is 45.9 Å². The number of hydrogen-bond donors (Lipinski definition) is 0. The van der Waals surface area contributed by atoms with E-state index in [0.717, 1.165) is 17.1 Å². The molecule has 9 aromatic rings. The van der Waals surface area contributed by atoms with Gasteiger partial charge in [0.2, 0.25) is 0 Å². The highest BCUT2D eigenvalue weighted by atomic mass is 28.3. The molecule has 1 nitrogen and oxygen atoms in total. The molecule has 0 fully saturated rings. The van der Waals surface area contributed by atoms with Gasteiger partial charge in [0.05, 0.1) is 0 Å². The Balaban J connectivity index is 1.11. The van der Waals surface area contributed by atoms with Gasteiger partial charge in [-0.25, -0.2) is 0 Å². The highest BCUT2D eigenvalue weighted by Crippen LogP contribution is 2.39. The quantitative estimate of drug-likeness (QED) is 0.141. The Morgan fingerprint density at radius 2 is 0.607 bits per heavy atom. The van der Waals surface area contributed by atoms with Crippen molar-refractivity contribution in [1.82, 2.24) is 0 Å². The summed E-state index contributed by atoms with van der Waals surface area (Å²) in [5.41, 5.74) is 13.4. The molecule has 0 N–H and O–H groups in total. The summed E-state index contributed by atoms with van der Waals surface area (Å²) in [6.45, 7) is 0. The second-order valence-electron chi connectivity index (χ2n) is 14.5. The zero-order valence-electron chi connectivity index (χ0n) is 31.0. The Morgan fingerprint density at radius 1 is 0.250 bits per heavy atom. The fourth-order valence-corrected chi connectivity index (χ4v) is 14.3. The Labute approximate surface area is 330 Å². The van der Waals surface area contributed by atoms with Crippen molar-refractivity contribution in [2.45, 2.75) is 0 Å². The lowest BCUT2D eigenvalue weighted by Crippen LogP contribution is -2.73. The van der Waals surface area contributed by atoms with Gasteiger partial charge in [-0.05, 0) is 102 Å². The SMILES string of the molecule is c1ccc(-c2ccc(N(c3ccc(-c4ccccc4)cc3)c3ccc(-c4cccc5c4[Si](c4ccccc4)(c4ccccc4)c4ccccc4-5)cc3)cc2)cc1. The van der Waals surface area contributed by atoms with E-state index in [1.54, 1.807) is 0 Å². The minimum atomic E-state index is -2.67. The molecule has 1 heterocycles. The van der Waals surface area contributed by atoms with Crippen LogP contribution < -0.4 is 25.6 Å². The molecule has 0 saturated heterocycles. The second kappa shape index (κ2) is 14.3. The van der Waals surface area contributed by atoms with Crippen molar-refractivity contribution in [3.8, 4) is 44.5 Å². The molecular formula is C54H39NSi. The Bertz CT molecular complexity index is 2620. The molecule has 1 aliphatic rings. The highest BCUT2D eigenvalue weighted by molar-refractivity contribution is 7.22. The molecule has 0 spiro atoms. The van der Waals surface area contributed by atoms with Gasteiger partial charge in [0.1, 0.15) is 0 Å². The second-order valence-corrected chi connectivity index (χ2v) is 18.2. The molecule has 0 bridgehead atoms. The van der Waals surface area contributed by atoms with Crippen LogP contribution in [0.5, 0.6) is 0 Å². The third-order valence-electron chi connectivity index (χ3n) is 11.4. The summed E-state index contributed by atoms with van der Waals surface area (Å²) in [6, 6.07) is 86.9. The van der Waals surface area contributed by atoms with Gasteiger partial charge in [-0.15, -0.1) is 0 Å². The first-order valence-electron chi connectivity index (χ1n) is 19.3. The van der Waals surface area contributed by atoms with E-state index in [1.165, 1.54) is 65.3 Å². The van der Waals surface area contributed by atoms with Crippen molar-refractivity contribution in [3.05, 3.63) is 237 Å². The summed E-state index contributed by atoms with van der Waals surface area (Å²) < 4.78 is 0. The molecular weight excluding hydrogens is 691 g/mol. The standard InChI is InChI=1S/C54H39NSi/c1-5-16-40(17-6-1)42-28-34-45(35-29-42)55(46-36-30-43(31-37-46)41-18-7-2-8-19-41)47-38-32-44(33-39-47)50-25-15-26-52-51-24-13-14-27-53(51)56(54(50)52,48-20-9-3-10-21-48)49-22-11-4-12-23-49/h1-39H. The van der Waals surface area contributed by atoms with Crippen molar-refractivity contribution < 1.29 is 0 Å². The normalized spacial score (nSPS) is 12.4. The largest absolute Gasteiger partial charge is 0.311 e. The first kappa shape index (κ1) is 33.6. The van der Waals surface area contributed by atoms with Gasteiger partial charge in [-0.1, -0.05) is 200 Å². The van der Waals surface area contributed by atoms with Crippen molar-refractivity contribution in [3.63, 3.8) is 0 Å². The fraction of sp³-hybridized carbons (Fsp3) is 0. The van der Waals surface area contributed by atoms with Crippen LogP contribution in [0.1, 0.15) is 0 Å². The van der Waals surface area contributed by atoms with E-state index in [0.29, 0.717) is 0 Å². The van der Waals surface area contributed by atoms with Gasteiger partial charge in [0, 0.05) is 17.1 Å². The molecule has 0 unspecified atom stereocenters. The smallest absolute Gasteiger partial charge is 0.181 e. The molecule has 0 aromatic heterocycles. The third kappa shape index (κ3) is 5.71. The average molecular weight is 730 g/mol. The number of anilines is 3. The van der Waals surface area contributed by atoms with Gasteiger partial charge in [0.25, 0.3) is 0 Å². The van der Waals surface area contributed by atoms with Crippen LogP contribution in [0.4, 0.5) is 17.1 Å². The maximum atomic E-state index is 2.39. The highest BCUT2D eigenvalue weighted by Gasteiger charge is 2.49. The van der Waals surface area contributed by atoms with Gasteiger partial charge in [-0.3, -0.25) is 0 Å². The Hall–Kier alpha value is -7.00. The van der Waals surface area contributed by atoms with Crippen molar-refractivity contribution in [1.29, 1.82) is 0 Å². The van der Waals surface area contributed by atoms with Gasteiger partial charge in [-0.2, -0.15) is 0 Å². The predicted molar refractivity (Wildman–Crippen MR) is 240 cm³/mol. The Kier molecular flexibility index (Phi) is 8.59. The number of nitrogens with zero attached hydrogens (tertiary/aromatic N) is 1. The monoisotopic (exact) mass is 729 g/mol. The average Bonchev–Trinajstić information content (AvgIpc) is 3.60.